The van der Waals surface area contributed by atoms with Crippen molar-refractivity contribution in [1.29, 1.82) is 5.26 Å². The molecule has 1 aromatic heterocycles. The topological polar surface area (TPSA) is 90.7 Å². The summed E-state index contributed by atoms with van der Waals surface area (Å²) in [6.45, 7) is 0. The molecule has 0 aliphatic heterocycles. The van der Waals surface area contributed by atoms with E-state index in [0.717, 1.165) is 10.2 Å². The highest BCUT2D eigenvalue weighted by atomic mass is 79.9. The van der Waals surface area contributed by atoms with E-state index in [1.54, 1.807) is 36.4 Å². The summed E-state index contributed by atoms with van der Waals surface area (Å²) in [7, 11) is 0. The fourth-order valence-corrected chi connectivity index (χ4v) is 2.47. The van der Waals surface area contributed by atoms with Crippen LogP contribution in [0.1, 0.15) is 16.1 Å². The Bertz CT molecular complexity index is 950. The predicted octanol–water partition coefficient (Wildman–Crippen LogP) is 4.11. The van der Waals surface area contributed by atoms with E-state index >= 15 is 0 Å². The first-order valence-electron chi connectivity index (χ1n) is 7.32. The molecule has 122 valence electrons. The summed E-state index contributed by atoms with van der Waals surface area (Å²) < 4.78 is 0.784. The Morgan fingerprint density at radius 2 is 1.88 bits per heavy atom. The molecular weight excluding hydrogens is 382 g/mol. The lowest BCUT2D eigenvalue weighted by atomic mass is 10.2. The second-order valence-corrected chi connectivity index (χ2v) is 5.91. The lowest BCUT2D eigenvalue weighted by Gasteiger charge is -2.08. The zero-order valence-electron chi connectivity index (χ0n) is 12.9. The van der Waals surface area contributed by atoms with Gasteiger partial charge in [-0.05, 0) is 58.4 Å². The second-order valence-electron chi connectivity index (χ2n) is 5.06. The average molecular weight is 394 g/mol. The number of benzene rings is 2. The third-order valence-electron chi connectivity index (χ3n) is 3.28. The van der Waals surface area contributed by atoms with Gasteiger partial charge in [0, 0.05) is 10.2 Å². The molecule has 7 heteroatoms. The monoisotopic (exact) mass is 393 g/mol. The van der Waals surface area contributed by atoms with Crippen molar-refractivity contribution < 1.29 is 4.79 Å². The summed E-state index contributed by atoms with van der Waals surface area (Å²) in [5, 5.41) is 22.7. The molecule has 25 heavy (non-hydrogen) atoms. The Kier molecular flexibility index (Phi) is 5.02. The van der Waals surface area contributed by atoms with Gasteiger partial charge >= 0.3 is 0 Å². The molecular formula is C18H12BrN5O. The third kappa shape index (κ3) is 4.19. The fraction of sp³-hybridized carbons (Fsp3) is 0. The highest BCUT2D eigenvalue weighted by molar-refractivity contribution is 9.10. The van der Waals surface area contributed by atoms with Gasteiger partial charge in [-0.1, -0.05) is 18.2 Å². The molecule has 0 atom stereocenters. The van der Waals surface area contributed by atoms with Crippen molar-refractivity contribution in [2.75, 3.05) is 10.6 Å². The molecule has 0 saturated heterocycles. The van der Waals surface area contributed by atoms with Crippen LogP contribution in [-0.4, -0.2) is 16.1 Å². The molecule has 0 aliphatic rings. The van der Waals surface area contributed by atoms with E-state index in [1.807, 2.05) is 24.3 Å². The number of carbonyl (C=O) groups is 1. The van der Waals surface area contributed by atoms with Crippen molar-refractivity contribution in [3.8, 4) is 6.07 Å². The number of nitriles is 1. The fourth-order valence-electron chi connectivity index (χ4n) is 2.08. The Morgan fingerprint density at radius 1 is 1.04 bits per heavy atom. The maximum absolute atomic E-state index is 12.2. The number of hydrogen-bond acceptors (Lipinski definition) is 5. The number of nitrogens with zero attached hydrogens (tertiary/aromatic N) is 3. The number of halogens is 1. The minimum absolute atomic E-state index is 0.201. The van der Waals surface area contributed by atoms with Gasteiger partial charge < -0.3 is 10.6 Å². The van der Waals surface area contributed by atoms with Crippen molar-refractivity contribution in [3.63, 3.8) is 0 Å². The van der Waals surface area contributed by atoms with Crippen LogP contribution in [0.4, 0.5) is 17.2 Å². The average Bonchev–Trinajstić information content (AvgIpc) is 2.64. The third-order valence-corrected chi connectivity index (χ3v) is 3.97. The molecule has 2 N–H and O–H groups in total. The zero-order chi connectivity index (χ0) is 17.6. The number of amides is 1. The van der Waals surface area contributed by atoms with Gasteiger partial charge in [0.05, 0.1) is 17.3 Å². The lowest BCUT2D eigenvalue weighted by Crippen LogP contribution is -2.14. The maximum Gasteiger partial charge on any atom is 0.276 e. The minimum atomic E-state index is -0.350. The maximum atomic E-state index is 12.2. The summed E-state index contributed by atoms with van der Waals surface area (Å²) in [6.07, 6.45) is 0. The van der Waals surface area contributed by atoms with Gasteiger partial charge in [0.15, 0.2) is 11.5 Å². The molecule has 0 unspecified atom stereocenters. The van der Waals surface area contributed by atoms with Crippen LogP contribution in [0.15, 0.2) is 65.1 Å². The first-order valence-corrected chi connectivity index (χ1v) is 8.12. The first kappa shape index (κ1) is 16.6. The van der Waals surface area contributed by atoms with Crippen molar-refractivity contribution in [2.24, 2.45) is 0 Å². The minimum Gasteiger partial charge on any atom is -0.339 e. The van der Waals surface area contributed by atoms with Crippen LogP contribution >= 0.6 is 15.9 Å². The zero-order valence-corrected chi connectivity index (χ0v) is 14.5. The van der Waals surface area contributed by atoms with Gasteiger partial charge in [-0.25, -0.2) is 0 Å². The smallest absolute Gasteiger partial charge is 0.276 e. The van der Waals surface area contributed by atoms with E-state index in [4.69, 9.17) is 5.26 Å². The van der Waals surface area contributed by atoms with Crippen LogP contribution in [0, 0.1) is 11.3 Å². The van der Waals surface area contributed by atoms with Gasteiger partial charge in [-0.3, -0.25) is 4.79 Å². The van der Waals surface area contributed by atoms with Crippen molar-refractivity contribution in [1.82, 2.24) is 10.2 Å². The molecule has 6 nitrogen and oxygen atoms in total. The number of para-hydroxylation sites is 1. The summed E-state index contributed by atoms with van der Waals surface area (Å²) >= 11 is 3.37. The molecule has 2 aromatic carbocycles. The normalized spacial score (nSPS) is 9.92. The molecule has 3 aromatic rings. The Hall–Kier alpha value is -3.24. The number of carbonyl (C=O) groups excluding carboxylic acids is 1. The lowest BCUT2D eigenvalue weighted by molar-refractivity contribution is 0.102. The van der Waals surface area contributed by atoms with Crippen molar-refractivity contribution in [2.45, 2.75) is 0 Å². The number of anilines is 3. The molecule has 3 rings (SSSR count). The van der Waals surface area contributed by atoms with Gasteiger partial charge in [0.1, 0.15) is 0 Å². The SMILES string of the molecule is N#Cc1cccc(Nc2ccc(C(=O)Nc3ccccc3Br)nn2)c1. The standard InChI is InChI=1S/C18H12BrN5O/c19-14-6-1-2-7-15(14)22-18(25)16-8-9-17(24-23-16)21-13-5-3-4-12(10-13)11-20/h1-10H,(H,21,24)(H,22,25). The van der Waals surface area contributed by atoms with Crippen LogP contribution in [0.25, 0.3) is 0 Å². The van der Waals surface area contributed by atoms with Crippen molar-refractivity contribution >= 4 is 39.0 Å². The van der Waals surface area contributed by atoms with Crippen LogP contribution in [-0.2, 0) is 0 Å². The first-order chi connectivity index (χ1) is 12.2. The highest BCUT2D eigenvalue weighted by Gasteiger charge is 2.10. The number of nitrogens with one attached hydrogen (secondary N) is 2. The van der Waals surface area contributed by atoms with Gasteiger partial charge in [0.25, 0.3) is 5.91 Å². The quantitative estimate of drug-likeness (QED) is 0.695. The van der Waals surface area contributed by atoms with Gasteiger partial charge in [-0.15, -0.1) is 10.2 Å². The van der Waals surface area contributed by atoms with E-state index < -0.39 is 0 Å². The molecule has 0 aliphatic carbocycles. The van der Waals surface area contributed by atoms with Gasteiger partial charge in [0.2, 0.25) is 0 Å². The highest BCUT2D eigenvalue weighted by Crippen LogP contribution is 2.22. The molecule has 1 amide bonds. The van der Waals surface area contributed by atoms with Crippen LogP contribution in [0.2, 0.25) is 0 Å². The summed E-state index contributed by atoms with van der Waals surface area (Å²) in [5.41, 5.74) is 2.12. The molecule has 0 saturated carbocycles. The Labute approximate surface area is 152 Å². The van der Waals surface area contributed by atoms with E-state index in [-0.39, 0.29) is 11.6 Å². The Balaban J connectivity index is 1.70. The van der Waals surface area contributed by atoms with Gasteiger partial charge in [-0.2, -0.15) is 5.26 Å². The molecule has 0 radical (unpaired) electrons. The summed E-state index contributed by atoms with van der Waals surface area (Å²) in [6, 6.07) is 19.6. The van der Waals surface area contributed by atoms with E-state index in [9.17, 15) is 4.79 Å². The second kappa shape index (κ2) is 7.55. The largest absolute Gasteiger partial charge is 0.339 e. The Morgan fingerprint density at radius 3 is 2.60 bits per heavy atom. The van der Waals surface area contributed by atoms with Crippen LogP contribution in [0.3, 0.4) is 0 Å². The van der Waals surface area contributed by atoms with Crippen molar-refractivity contribution in [3.05, 3.63) is 76.4 Å². The van der Waals surface area contributed by atoms with Crippen LogP contribution < -0.4 is 10.6 Å². The molecule has 0 bridgehead atoms. The molecule has 1 heterocycles. The molecule has 0 spiro atoms. The van der Waals surface area contributed by atoms with E-state index in [1.165, 1.54) is 0 Å². The number of aromatic nitrogens is 2. The number of hydrogen-bond donors (Lipinski definition) is 2. The number of rotatable bonds is 4. The molecule has 0 fully saturated rings. The van der Waals surface area contributed by atoms with E-state index in [0.29, 0.717) is 17.1 Å². The van der Waals surface area contributed by atoms with Crippen LogP contribution in [0.5, 0.6) is 0 Å². The summed E-state index contributed by atoms with van der Waals surface area (Å²) in [5.74, 6) is 0.130. The van der Waals surface area contributed by atoms with E-state index in [2.05, 4.69) is 42.8 Å². The summed E-state index contributed by atoms with van der Waals surface area (Å²) in [4.78, 5) is 12.2. The predicted molar refractivity (Wildman–Crippen MR) is 98.6 cm³/mol.